The molecular weight excluding hydrogens is 481 g/mol. The highest BCUT2D eigenvalue weighted by atomic mass is 19.4. The van der Waals surface area contributed by atoms with E-state index in [0.717, 1.165) is 18.2 Å². The Kier molecular flexibility index (Phi) is 7.13. The highest BCUT2D eigenvalue weighted by Gasteiger charge is 2.31. The van der Waals surface area contributed by atoms with Crippen LogP contribution in [0.25, 0.3) is 11.0 Å². The second-order valence-corrected chi connectivity index (χ2v) is 8.24. The molecule has 2 heterocycles. The molecule has 12 heteroatoms. The van der Waals surface area contributed by atoms with E-state index in [0.29, 0.717) is 49.2 Å². The number of hydrogen-bond acceptors (Lipinski definition) is 5. The van der Waals surface area contributed by atoms with Gasteiger partial charge in [0, 0.05) is 30.3 Å². The third kappa shape index (κ3) is 5.26. The lowest BCUT2D eigenvalue weighted by Gasteiger charge is -2.26. The molecule has 190 valence electrons. The number of halogens is 3. The molecule has 0 saturated carbocycles. The molecule has 1 fully saturated rings. The van der Waals surface area contributed by atoms with Gasteiger partial charge >= 0.3 is 12.3 Å². The molecule has 1 aromatic heterocycles. The van der Waals surface area contributed by atoms with E-state index in [1.165, 1.54) is 11.0 Å². The smallest absolute Gasteiger partial charge is 0.416 e. The van der Waals surface area contributed by atoms with E-state index < -0.39 is 23.7 Å². The topological polar surface area (TPSA) is 106 Å². The number of nitrogens with zero attached hydrogens (tertiary/aromatic N) is 3. The van der Waals surface area contributed by atoms with Crippen molar-refractivity contribution in [2.45, 2.75) is 32.0 Å². The number of H-pyrrole nitrogens is 1. The van der Waals surface area contributed by atoms with Crippen LogP contribution in [0.15, 0.2) is 47.5 Å². The van der Waals surface area contributed by atoms with E-state index in [9.17, 15) is 27.6 Å². The van der Waals surface area contributed by atoms with Crippen LogP contribution in [0.5, 0.6) is 0 Å². The van der Waals surface area contributed by atoms with Crippen LogP contribution in [-0.2, 0) is 20.4 Å². The predicted octanol–water partition coefficient (Wildman–Crippen LogP) is 4.20. The number of ether oxygens (including phenoxy) is 2. The number of imidazole rings is 1. The number of carbonyl (C=O) groups excluding carboxylic acids is 3. The second-order valence-electron chi connectivity index (χ2n) is 8.24. The number of nitrogens with one attached hydrogen (secondary N) is 1. The van der Waals surface area contributed by atoms with Gasteiger partial charge in [0.15, 0.2) is 0 Å². The molecule has 2 aromatic carbocycles. The quantitative estimate of drug-likeness (QED) is 0.384. The number of amides is 2. The number of carbonyl (C=O) groups is 3. The molecule has 1 aliphatic rings. The van der Waals surface area contributed by atoms with Crippen LogP contribution < -0.4 is 10.5 Å². The molecule has 0 radical (unpaired) electrons. The number of alkyl halides is 3. The average molecular weight is 504 g/mol. The summed E-state index contributed by atoms with van der Waals surface area (Å²) in [6.07, 6.45) is -4.01. The van der Waals surface area contributed by atoms with Crippen LogP contribution in [0.4, 0.5) is 23.7 Å². The fourth-order valence-corrected chi connectivity index (χ4v) is 4.02. The summed E-state index contributed by atoms with van der Waals surface area (Å²) in [5, 5.41) is 0. The molecule has 0 spiro atoms. The highest BCUT2D eigenvalue weighted by Crippen LogP contribution is 2.30. The zero-order valence-corrected chi connectivity index (χ0v) is 19.2. The maximum Gasteiger partial charge on any atom is 0.416 e. The Labute approximate surface area is 203 Å². The first-order chi connectivity index (χ1) is 17.2. The molecule has 3 aromatic rings. The molecule has 9 nitrogen and oxygen atoms in total. The highest BCUT2D eigenvalue weighted by molar-refractivity contribution is 5.95. The van der Waals surface area contributed by atoms with Gasteiger partial charge in [-0.05, 0) is 49.7 Å². The first-order valence-corrected chi connectivity index (χ1v) is 11.2. The number of rotatable bonds is 7. The third-order valence-electron chi connectivity index (χ3n) is 5.80. The maximum atomic E-state index is 13.1. The van der Waals surface area contributed by atoms with Crippen LogP contribution in [0.1, 0.15) is 41.7 Å². The van der Waals surface area contributed by atoms with Gasteiger partial charge in [0.25, 0.3) is 12.4 Å². The molecular formula is C24H23F3N4O5. The SMILES string of the molecule is CC(CCOC=O)n1/c(=N/C(=O)c2cccc(C(F)(F)F)c2)[nH]c2cc(N3CCCOC3=O)ccc21. The minimum Gasteiger partial charge on any atom is -0.468 e. The van der Waals surface area contributed by atoms with Crippen LogP contribution in [0.2, 0.25) is 0 Å². The van der Waals surface area contributed by atoms with Crippen molar-refractivity contribution < 1.29 is 37.0 Å². The van der Waals surface area contributed by atoms with E-state index in [2.05, 4.69) is 9.98 Å². The number of hydrogen-bond donors (Lipinski definition) is 1. The van der Waals surface area contributed by atoms with Gasteiger partial charge in [0.05, 0.1) is 29.8 Å². The Morgan fingerprint density at radius 1 is 1.28 bits per heavy atom. The fraction of sp³-hybridized carbons (Fsp3) is 0.333. The summed E-state index contributed by atoms with van der Waals surface area (Å²) < 4.78 is 50.9. The van der Waals surface area contributed by atoms with Crippen molar-refractivity contribution in [3.05, 3.63) is 59.2 Å². The summed E-state index contributed by atoms with van der Waals surface area (Å²) >= 11 is 0. The third-order valence-corrected chi connectivity index (χ3v) is 5.80. The monoisotopic (exact) mass is 504 g/mol. The van der Waals surface area contributed by atoms with Gasteiger partial charge in [-0.2, -0.15) is 18.2 Å². The van der Waals surface area contributed by atoms with Gasteiger partial charge in [-0.3, -0.25) is 14.5 Å². The largest absolute Gasteiger partial charge is 0.468 e. The molecule has 1 unspecified atom stereocenters. The van der Waals surface area contributed by atoms with Gasteiger partial charge in [-0.15, -0.1) is 0 Å². The van der Waals surface area contributed by atoms with Crippen molar-refractivity contribution in [3.63, 3.8) is 0 Å². The molecule has 4 rings (SSSR count). The van der Waals surface area contributed by atoms with E-state index in [4.69, 9.17) is 9.47 Å². The Bertz CT molecular complexity index is 1360. The average Bonchev–Trinajstić information content (AvgIpc) is 3.21. The van der Waals surface area contributed by atoms with Crippen LogP contribution >= 0.6 is 0 Å². The molecule has 0 aliphatic carbocycles. The van der Waals surface area contributed by atoms with Crippen molar-refractivity contribution in [2.24, 2.45) is 4.99 Å². The van der Waals surface area contributed by atoms with E-state index >= 15 is 0 Å². The second kappa shape index (κ2) is 10.3. The molecule has 1 saturated heterocycles. The molecule has 1 atom stereocenters. The number of aromatic amines is 1. The number of benzene rings is 2. The molecule has 36 heavy (non-hydrogen) atoms. The Balaban J connectivity index is 1.78. The summed E-state index contributed by atoms with van der Waals surface area (Å²) in [4.78, 5) is 44.2. The van der Waals surface area contributed by atoms with Gasteiger partial charge in [-0.1, -0.05) is 6.07 Å². The lowest BCUT2D eigenvalue weighted by Crippen LogP contribution is -2.37. The minimum absolute atomic E-state index is 0.101. The maximum absolute atomic E-state index is 13.1. The number of anilines is 1. The van der Waals surface area contributed by atoms with Gasteiger partial charge in [0.1, 0.15) is 0 Å². The van der Waals surface area contributed by atoms with E-state index in [1.54, 1.807) is 22.8 Å². The van der Waals surface area contributed by atoms with Gasteiger partial charge in [0.2, 0.25) is 5.62 Å². The van der Waals surface area contributed by atoms with Gasteiger partial charge in [-0.25, -0.2) is 4.79 Å². The predicted molar refractivity (Wildman–Crippen MR) is 122 cm³/mol. The van der Waals surface area contributed by atoms with Crippen LogP contribution in [0.3, 0.4) is 0 Å². The van der Waals surface area contributed by atoms with E-state index in [-0.39, 0.29) is 23.8 Å². The summed E-state index contributed by atoms with van der Waals surface area (Å²) in [7, 11) is 0. The standard InChI is InChI=1S/C24H23F3N4O5/c1-15(8-11-35-14-32)31-20-7-6-18(30-9-3-10-36-23(30)34)13-19(20)28-22(31)29-21(33)16-4-2-5-17(12-16)24(25,26)27/h2,4-7,12-15H,3,8-11H2,1H3,(H,28,29,33). The van der Waals surface area contributed by atoms with Crippen molar-refractivity contribution in [3.8, 4) is 0 Å². The summed E-state index contributed by atoms with van der Waals surface area (Å²) in [6.45, 7) is 3.10. The Hall–Kier alpha value is -4.09. The van der Waals surface area contributed by atoms with Gasteiger partial charge < -0.3 is 19.0 Å². The van der Waals surface area contributed by atoms with Crippen LogP contribution in [0, 0.1) is 0 Å². The fourth-order valence-electron chi connectivity index (χ4n) is 4.02. The zero-order chi connectivity index (χ0) is 25.9. The Morgan fingerprint density at radius 3 is 2.81 bits per heavy atom. The number of aromatic nitrogens is 2. The molecule has 2 amide bonds. The zero-order valence-electron chi connectivity index (χ0n) is 19.2. The summed E-state index contributed by atoms with van der Waals surface area (Å²) in [6, 6.07) is 8.91. The van der Waals surface area contributed by atoms with Crippen molar-refractivity contribution in [2.75, 3.05) is 24.7 Å². The Morgan fingerprint density at radius 2 is 2.08 bits per heavy atom. The lowest BCUT2D eigenvalue weighted by atomic mass is 10.1. The molecule has 0 bridgehead atoms. The van der Waals surface area contributed by atoms with Crippen molar-refractivity contribution in [1.29, 1.82) is 0 Å². The van der Waals surface area contributed by atoms with E-state index in [1.807, 2.05) is 6.92 Å². The van der Waals surface area contributed by atoms with Crippen LogP contribution in [-0.4, -0.2) is 47.8 Å². The normalized spacial score (nSPS) is 15.6. The number of fused-ring (bicyclic) bond motifs is 1. The summed E-state index contributed by atoms with van der Waals surface area (Å²) in [5.41, 5.74) is 0.690. The lowest BCUT2D eigenvalue weighted by molar-refractivity contribution is -0.137. The minimum atomic E-state index is -4.60. The van der Waals surface area contributed by atoms with Crippen molar-refractivity contribution in [1.82, 2.24) is 9.55 Å². The first kappa shape index (κ1) is 25.0. The van der Waals surface area contributed by atoms with Crippen molar-refractivity contribution >= 4 is 35.2 Å². The number of cyclic esters (lactones) is 1. The first-order valence-electron chi connectivity index (χ1n) is 11.2. The molecule has 1 N–H and O–H groups in total. The molecule has 1 aliphatic heterocycles. The summed E-state index contributed by atoms with van der Waals surface area (Å²) in [5.74, 6) is -0.863.